The molecule has 1 aliphatic heterocycles. The highest BCUT2D eigenvalue weighted by Gasteiger charge is 2.30. The first-order valence-corrected chi connectivity index (χ1v) is 14.9. The number of alkyl halides is 3. The lowest BCUT2D eigenvalue weighted by Gasteiger charge is -2.38. The smallest absolute Gasteiger partial charge is 0.345 e. The van der Waals surface area contributed by atoms with Crippen LogP contribution in [0.5, 0.6) is 0 Å². The van der Waals surface area contributed by atoms with Crippen molar-refractivity contribution in [3.8, 4) is 0 Å². The Balaban J connectivity index is 1.27. The molecule has 0 unspecified atom stereocenters. The summed E-state index contributed by atoms with van der Waals surface area (Å²) in [6, 6.07) is 27.4. The van der Waals surface area contributed by atoms with E-state index in [0.717, 1.165) is 68.0 Å². The van der Waals surface area contributed by atoms with Gasteiger partial charge in [0.1, 0.15) is 0 Å². The Morgan fingerprint density at radius 2 is 1.50 bits per heavy atom. The zero-order valence-corrected chi connectivity index (χ0v) is 24.8. The molecule has 1 saturated heterocycles. The summed E-state index contributed by atoms with van der Waals surface area (Å²) in [4.78, 5) is 24.2. The number of carbonyl (C=O) groups excluding carboxylic acids is 1. The van der Waals surface area contributed by atoms with Gasteiger partial charge in [0.25, 0.3) is 0 Å². The SMILES string of the molecule is CN(c1ccncc1)c1ccc(CN(C(=O)/C=C/c2ccc(C(F)(F)F)cc2)C2CCN(CCc3ccccc3)CC2)cc1. The number of hydrogen-bond donors (Lipinski definition) is 0. The van der Waals surface area contributed by atoms with Gasteiger partial charge < -0.3 is 14.7 Å². The molecule has 0 bridgehead atoms. The number of carbonyl (C=O) groups is 1. The second kappa shape index (κ2) is 14.4. The fourth-order valence-corrected chi connectivity index (χ4v) is 5.56. The molecule has 1 aromatic heterocycles. The van der Waals surface area contributed by atoms with Crippen LogP contribution in [0.1, 0.15) is 35.1 Å². The van der Waals surface area contributed by atoms with Crippen molar-refractivity contribution in [1.29, 1.82) is 0 Å². The summed E-state index contributed by atoms with van der Waals surface area (Å²) >= 11 is 0. The number of hydrogen-bond acceptors (Lipinski definition) is 4. The number of anilines is 2. The number of nitrogens with zero attached hydrogens (tertiary/aromatic N) is 4. The molecule has 0 spiro atoms. The second-order valence-corrected chi connectivity index (χ2v) is 11.2. The summed E-state index contributed by atoms with van der Waals surface area (Å²) in [7, 11) is 2.00. The van der Waals surface area contributed by atoms with E-state index >= 15 is 0 Å². The van der Waals surface area contributed by atoms with Crippen LogP contribution >= 0.6 is 0 Å². The standard InChI is InChI=1S/C36H37F3N4O/c1-41(33-17-22-40-23-18-33)32-14-9-30(10-15-32)27-43(35(44)16-11-29-7-12-31(13-8-29)36(37,38)39)34-20-25-42(26-21-34)24-19-28-5-3-2-4-6-28/h2-18,22-23,34H,19-21,24-27H2,1H3/b16-11+. The number of halogens is 3. The van der Waals surface area contributed by atoms with Gasteiger partial charge in [0.15, 0.2) is 0 Å². The quantitative estimate of drug-likeness (QED) is 0.176. The van der Waals surface area contributed by atoms with Crippen LogP contribution in [0.15, 0.2) is 109 Å². The molecule has 5 nitrogen and oxygen atoms in total. The Morgan fingerprint density at radius 1 is 0.864 bits per heavy atom. The molecule has 44 heavy (non-hydrogen) atoms. The van der Waals surface area contributed by atoms with E-state index < -0.39 is 11.7 Å². The van der Waals surface area contributed by atoms with Gasteiger partial charge in [-0.1, -0.05) is 54.6 Å². The summed E-state index contributed by atoms with van der Waals surface area (Å²) in [6.07, 6.45) is 4.91. The van der Waals surface area contributed by atoms with Crippen molar-refractivity contribution in [2.24, 2.45) is 0 Å². The highest BCUT2D eigenvalue weighted by molar-refractivity contribution is 5.92. The minimum atomic E-state index is -4.40. The van der Waals surface area contributed by atoms with Crippen LogP contribution in [0, 0.1) is 0 Å². The average molecular weight is 599 g/mol. The Morgan fingerprint density at radius 3 is 2.14 bits per heavy atom. The topological polar surface area (TPSA) is 39.7 Å². The summed E-state index contributed by atoms with van der Waals surface area (Å²) < 4.78 is 38.9. The molecule has 8 heteroatoms. The zero-order chi connectivity index (χ0) is 30.9. The lowest BCUT2D eigenvalue weighted by atomic mass is 10.0. The minimum absolute atomic E-state index is 0.0619. The largest absolute Gasteiger partial charge is 0.416 e. The van der Waals surface area contributed by atoms with Crippen LogP contribution in [0.4, 0.5) is 24.5 Å². The first-order chi connectivity index (χ1) is 21.3. The fourth-order valence-electron chi connectivity index (χ4n) is 5.56. The number of aromatic nitrogens is 1. The van der Waals surface area contributed by atoms with Crippen molar-refractivity contribution < 1.29 is 18.0 Å². The maximum absolute atomic E-state index is 13.6. The number of likely N-dealkylation sites (tertiary alicyclic amines) is 1. The summed E-state index contributed by atoms with van der Waals surface area (Å²) in [5.41, 5.74) is 4.21. The molecule has 0 atom stereocenters. The maximum Gasteiger partial charge on any atom is 0.416 e. The van der Waals surface area contributed by atoms with Gasteiger partial charge in [0.2, 0.25) is 5.91 Å². The third-order valence-corrected chi connectivity index (χ3v) is 8.22. The third-order valence-electron chi connectivity index (χ3n) is 8.22. The monoisotopic (exact) mass is 598 g/mol. The zero-order valence-electron chi connectivity index (χ0n) is 24.8. The molecule has 1 aliphatic rings. The van der Waals surface area contributed by atoms with Gasteiger partial charge >= 0.3 is 6.18 Å². The molecule has 2 heterocycles. The molecule has 4 aromatic rings. The molecule has 0 N–H and O–H groups in total. The van der Waals surface area contributed by atoms with Crippen molar-refractivity contribution in [3.63, 3.8) is 0 Å². The van der Waals surface area contributed by atoms with E-state index in [1.54, 1.807) is 18.5 Å². The highest BCUT2D eigenvalue weighted by atomic mass is 19.4. The minimum Gasteiger partial charge on any atom is -0.345 e. The summed E-state index contributed by atoms with van der Waals surface area (Å²) in [5, 5.41) is 0. The lowest BCUT2D eigenvalue weighted by Crippen LogP contribution is -2.47. The van der Waals surface area contributed by atoms with Gasteiger partial charge in [-0.2, -0.15) is 13.2 Å². The van der Waals surface area contributed by atoms with E-state index in [4.69, 9.17) is 0 Å². The van der Waals surface area contributed by atoms with Crippen LogP contribution in [-0.4, -0.2) is 53.4 Å². The van der Waals surface area contributed by atoms with E-state index in [-0.39, 0.29) is 11.9 Å². The van der Waals surface area contributed by atoms with E-state index in [1.165, 1.54) is 23.8 Å². The first kappa shape index (κ1) is 31.0. The van der Waals surface area contributed by atoms with Crippen molar-refractivity contribution >= 4 is 23.4 Å². The lowest BCUT2D eigenvalue weighted by molar-refractivity contribution is -0.137. The van der Waals surface area contributed by atoms with Crippen molar-refractivity contribution in [2.45, 2.75) is 38.0 Å². The van der Waals surface area contributed by atoms with Crippen LogP contribution in [0.3, 0.4) is 0 Å². The van der Waals surface area contributed by atoms with E-state index in [9.17, 15) is 18.0 Å². The van der Waals surface area contributed by atoms with Gasteiger partial charge in [-0.3, -0.25) is 9.78 Å². The van der Waals surface area contributed by atoms with Crippen LogP contribution in [0.25, 0.3) is 6.08 Å². The van der Waals surface area contributed by atoms with Gasteiger partial charge in [0, 0.05) is 69.1 Å². The Kier molecular flexibility index (Phi) is 10.1. The molecule has 228 valence electrons. The molecule has 1 amide bonds. The molecule has 0 aliphatic carbocycles. The van der Waals surface area contributed by atoms with E-state index in [1.807, 2.05) is 54.4 Å². The third kappa shape index (κ3) is 8.35. The predicted octanol–water partition coefficient (Wildman–Crippen LogP) is 7.62. The molecule has 3 aromatic carbocycles. The Labute approximate surface area is 257 Å². The fraction of sp³-hybridized carbons (Fsp3) is 0.278. The van der Waals surface area contributed by atoms with Gasteiger partial charge in [-0.15, -0.1) is 0 Å². The molecule has 5 rings (SSSR count). The molecular weight excluding hydrogens is 561 g/mol. The second-order valence-electron chi connectivity index (χ2n) is 11.2. The average Bonchev–Trinajstić information content (AvgIpc) is 3.06. The summed E-state index contributed by atoms with van der Waals surface area (Å²) in [6.45, 7) is 3.23. The summed E-state index contributed by atoms with van der Waals surface area (Å²) in [5.74, 6) is -0.148. The van der Waals surface area contributed by atoms with E-state index in [0.29, 0.717) is 12.1 Å². The van der Waals surface area contributed by atoms with Gasteiger partial charge in [-0.05, 0) is 78.4 Å². The van der Waals surface area contributed by atoms with Crippen molar-refractivity contribution in [1.82, 2.24) is 14.8 Å². The number of rotatable bonds is 10. The van der Waals surface area contributed by atoms with E-state index in [2.05, 4.69) is 39.0 Å². The first-order valence-electron chi connectivity index (χ1n) is 14.9. The number of pyridine rings is 1. The predicted molar refractivity (Wildman–Crippen MR) is 169 cm³/mol. The van der Waals surface area contributed by atoms with Gasteiger partial charge in [-0.25, -0.2) is 0 Å². The number of amides is 1. The van der Waals surface area contributed by atoms with Crippen LogP contribution in [-0.2, 0) is 23.9 Å². The van der Waals surface area contributed by atoms with Crippen LogP contribution < -0.4 is 4.90 Å². The highest BCUT2D eigenvalue weighted by Crippen LogP contribution is 2.29. The molecular formula is C36H37F3N4O. The number of benzene rings is 3. The maximum atomic E-state index is 13.6. The van der Waals surface area contributed by atoms with Crippen molar-refractivity contribution in [2.75, 3.05) is 31.6 Å². The molecule has 0 saturated carbocycles. The normalized spacial score (nSPS) is 14.5. The molecule has 1 fully saturated rings. The Bertz CT molecular complexity index is 1500. The molecule has 0 radical (unpaired) electrons. The van der Waals surface area contributed by atoms with Gasteiger partial charge in [0.05, 0.1) is 5.56 Å². The Hall–Kier alpha value is -4.43. The van der Waals surface area contributed by atoms with Crippen LogP contribution in [0.2, 0.25) is 0 Å². The number of piperidine rings is 1. The van der Waals surface area contributed by atoms with Crippen molar-refractivity contribution in [3.05, 3.63) is 132 Å².